The van der Waals surface area contributed by atoms with Gasteiger partial charge in [0.15, 0.2) is 17.5 Å². The Morgan fingerprint density at radius 2 is 1.26 bits per heavy atom. The minimum Gasteiger partial charge on any atom is -0.429 e. The topological polar surface area (TPSA) is 9.23 Å². The van der Waals surface area contributed by atoms with E-state index in [2.05, 4.69) is 10.8 Å². The van der Waals surface area contributed by atoms with E-state index in [0.29, 0.717) is 49.1 Å². The van der Waals surface area contributed by atoms with Gasteiger partial charge < -0.3 is 4.74 Å². The van der Waals surface area contributed by atoms with Gasteiger partial charge in [0.1, 0.15) is 40.4 Å². The maximum absolute atomic E-state index is 15.1. The Labute approximate surface area is 264 Å². The Bertz CT molecular complexity index is 1740. The molecule has 0 spiro atoms. The van der Waals surface area contributed by atoms with Crippen molar-refractivity contribution in [3.63, 3.8) is 0 Å². The fourth-order valence-electron chi connectivity index (χ4n) is 6.09. The lowest BCUT2D eigenvalue weighted by Gasteiger charge is -2.29. The maximum atomic E-state index is 15.1. The molecule has 1 nitrogen and oxygen atoms in total. The Morgan fingerprint density at radius 1 is 0.681 bits per heavy atom. The Morgan fingerprint density at radius 3 is 1.81 bits per heavy atom. The number of hydrogen-bond acceptors (Lipinski definition) is 1. The molecule has 248 valence electrons. The highest BCUT2D eigenvalue weighted by Crippen LogP contribution is 2.42. The third-order valence-corrected chi connectivity index (χ3v) is 8.46. The summed E-state index contributed by atoms with van der Waals surface area (Å²) < 4.78 is 150. The second-order valence-corrected chi connectivity index (χ2v) is 11.6. The summed E-state index contributed by atoms with van der Waals surface area (Å²) in [6.45, 7) is 1.94. The van der Waals surface area contributed by atoms with E-state index in [9.17, 15) is 30.7 Å². The molecule has 0 amide bonds. The highest BCUT2D eigenvalue weighted by atomic mass is 19.3. The smallest absolute Gasteiger partial charge is 0.429 e. The van der Waals surface area contributed by atoms with Crippen LogP contribution in [0.5, 0.6) is 5.75 Å². The van der Waals surface area contributed by atoms with E-state index < -0.39 is 86.2 Å². The molecule has 1 aliphatic rings. The first-order chi connectivity index (χ1) is 22.3. The van der Waals surface area contributed by atoms with Crippen LogP contribution in [0.1, 0.15) is 62.5 Å². The van der Waals surface area contributed by atoms with Gasteiger partial charge in [0.05, 0.1) is 5.56 Å². The first-order valence-corrected chi connectivity index (χ1v) is 14.9. The fraction of sp³-hybridized carbons (Fsp3) is 0.278. The molecule has 4 aromatic rings. The summed E-state index contributed by atoms with van der Waals surface area (Å²) >= 11 is 0. The molecule has 0 aromatic heterocycles. The van der Waals surface area contributed by atoms with Crippen molar-refractivity contribution in [3.8, 4) is 28.0 Å². The Balaban J connectivity index is 1.33. The predicted octanol–water partition coefficient (Wildman–Crippen LogP) is 11.9. The highest BCUT2D eigenvalue weighted by Gasteiger charge is 2.42. The lowest BCUT2D eigenvalue weighted by atomic mass is 9.77. The van der Waals surface area contributed by atoms with Crippen molar-refractivity contribution in [1.29, 1.82) is 0 Å². The predicted molar refractivity (Wildman–Crippen MR) is 157 cm³/mol. The lowest BCUT2D eigenvalue weighted by Crippen LogP contribution is -2.26. The molecule has 0 unspecified atom stereocenters. The second-order valence-electron chi connectivity index (χ2n) is 11.6. The zero-order valence-electron chi connectivity index (χ0n) is 24.9. The lowest BCUT2D eigenvalue weighted by molar-refractivity contribution is -0.189. The monoisotopic (exact) mass is 666 g/mol. The zero-order valence-corrected chi connectivity index (χ0v) is 24.9. The number of ether oxygens (including phenoxy) is 1. The summed E-state index contributed by atoms with van der Waals surface area (Å²) in [4.78, 5) is 0. The SMILES string of the molecule is CC=CCCC1CCC(c2cc(F)c(C(F)(F)Oc3ccc(-c4cc(F)c(-c5cc(F)c(F)c(F)c5)c(F)c4)c(F)c3)c(F)c2)CC1. The highest BCUT2D eigenvalue weighted by molar-refractivity contribution is 5.72. The zero-order chi connectivity index (χ0) is 34.0. The van der Waals surface area contributed by atoms with Gasteiger partial charge in [0.2, 0.25) is 0 Å². The van der Waals surface area contributed by atoms with Gasteiger partial charge in [-0.3, -0.25) is 0 Å². The van der Waals surface area contributed by atoms with Crippen LogP contribution in [0.4, 0.5) is 43.9 Å². The van der Waals surface area contributed by atoms with Crippen molar-refractivity contribution >= 4 is 0 Å². The van der Waals surface area contributed by atoms with Gasteiger partial charge >= 0.3 is 6.11 Å². The molecule has 1 saturated carbocycles. The van der Waals surface area contributed by atoms with Crippen molar-refractivity contribution in [3.05, 3.63) is 124 Å². The van der Waals surface area contributed by atoms with Crippen molar-refractivity contribution in [2.75, 3.05) is 0 Å². The fourth-order valence-corrected chi connectivity index (χ4v) is 6.09. The van der Waals surface area contributed by atoms with Crippen LogP contribution in [0.2, 0.25) is 0 Å². The van der Waals surface area contributed by atoms with Crippen LogP contribution in [0, 0.1) is 52.5 Å². The average molecular weight is 667 g/mol. The van der Waals surface area contributed by atoms with E-state index in [-0.39, 0.29) is 11.5 Å². The molecular weight excluding hydrogens is 638 g/mol. The molecule has 0 bridgehead atoms. The summed E-state index contributed by atoms with van der Waals surface area (Å²) in [5.41, 5.74) is -3.89. The number of halogens is 10. The van der Waals surface area contributed by atoms with Crippen LogP contribution in [0.15, 0.2) is 66.7 Å². The summed E-state index contributed by atoms with van der Waals surface area (Å²) in [5.74, 6) is -12.9. The largest absolute Gasteiger partial charge is 0.432 e. The first-order valence-electron chi connectivity index (χ1n) is 14.9. The number of rotatable bonds is 9. The minimum absolute atomic E-state index is 0.191. The molecule has 0 aliphatic heterocycles. The molecule has 0 heterocycles. The van der Waals surface area contributed by atoms with Crippen LogP contribution in [0.3, 0.4) is 0 Å². The molecule has 5 rings (SSSR count). The van der Waals surface area contributed by atoms with E-state index in [1.807, 2.05) is 13.0 Å². The van der Waals surface area contributed by atoms with Crippen molar-refractivity contribution < 1.29 is 48.6 Å². The molecule has 0 radical (unpaired) electrons. The van der Waals surface area contributed by atoms with Crippen molar-refractivity contribution in [2.24, 2.45) is 5.92 Å². The number of alkyl halides is 2. The molecule has 4 aromatic carbocycles. The van der Waals surface area contributed by atoms with E-state index in [0.717, 1.165) is 49.9 Å². The molecule has 0 saturated heterocycles. The molecule has 0 atom stereocenters. The van der Waals surface area contributed by atoms with Crippen LogP contribution in [-0.2, 0) is 6.11 Å². The summed E-state index contributed by atoms with van der Waals surface area (Å²) in [5, 5.41) is 0. The van der Waals surface area contributed by atoms with Crippen molar-refractivity contribution in [1.82, 2.24) is 0 Å². The van der Waals surface area contributed by atoms with Gasteiger partial charge in [-0.15, -0.1) is 0 Å². The molecule has 11 heteroatoms. The van der Waals surface area contributed by atoms with E-state index in [4.69, 9.17) is 0 Å². The quantitative estimate of drug-likeness (QED) is 0.0982. The van der Waals surface area contributed by atoms with Gasteiger partial charge in [-0.25, -0.2) is 35.1 Å². The number of allylic oxidation sites excluding steroid dienone is 2. The summed E-state index contributed by atoms with van der Waals surface area (Å²) in [6, 6.07) is 5.82. The molecule has 1 fully saturated rings. The molecule has 1 aliphatic carbocycles. The second kappa shape index (κ2) is 13.8. The van der Waals surface area contributed by atoms with Gasteiger partial charge in [-0.2, -0.15) is 8.78 Å². The number of benzene rings is 4. The van der Waals surface area contributed by atoms with E-state index in [1.54, 1.807) is 0 Å². The molecular formula is C36H28F10O. The third-order valence-electron chi connectivity index (χ3n) is 8.46. The third kappa shape index (κ3) is 7.34. The first kappa shape index (κ1) is 34.1. The van der Waals surface area contributed by atoms with Crippen LogP contribution >= 0.6 is 0 Å². The maximum Gasteiger partial charge on any atom is 0.432 e. The van der Waals surface area contributed by atoms with Gasteiger partial charge in [0, 0.05) is 11.6 Å². The molecule has 47 heavy (non-hydrogen) atoms. The van der Waals surface area contributed by atoms with Crippen molar-refractivity contribution in [2.45, 2.75) is 57.5 Å². The van der Waals surface area contributed by atoms with Gasteiger partial charge in [-0.05, 0) is 123 Å². The Hall–Kier alpha value is -4.28. The van der Waals surface area contributed by atoms with E-state index >= 15 is 13.2 Å². The summed E-state index contributed by atoms with van der Waals surface area (Å²) in [6.07, 6.45) is 4.47. The van der Waals surface area contributed by atoms with Gasteiger partial charge in [-0.1, -0.05) is 12.2 Å². The van der Waals surface area contributed by atoms with Gasteiger partial charge in [0.25, 0.3) is 0 Å². The van der Waals surface area contributed by atoms with Crippen LogP contribution in [0.25, 0.3) is 22.3 Å². The van der Waals surface area contributed by atoms with Crippen LogP contribution < -0.4 is 4.74 Å². The van der Waals surface area contributed by atoms with E-state index in [1.165, 1.54) is 0 Å². The normalized spacial score (nSPS) is 17.0. The standard InChI is InChI=1S/C36H28F10O/c1-2-3-4-5-19-6-8-20(9-7-19)21-12-29(40)34(30(41)13-21)36(45,46)47-24-10-11-25(26(37)18-24)22-14-27(38)33(28(39)15-22)23-16-31(42)35(44)32(43)17-23/h2-3,10-20H,4-9H2,1H3. The summed E-state index contributed by atoms with van der Waals surface area (Å²) in [7, 11) is 0. The molecule has 0 N–H and O–H groups in total. The average Bonchev–Trinajstić information content (AvgIpc) is 2.99. The van der Waals surface area contributed by atoms with Crippen LogP contribution in [-0.4, -0.2) is 0 Å². The Kier molecular flexibility index (Phi) is 10.0. The number of hydrogen-bond donors (Lipinski definition) is 0. The minimum atomic E-state index is -4.56.